The predicted octanol–water partition coefficient (Wildman–Crippen LogP) is -0.203. The third-order valence-corrected chi connectivity index (χ3v) is 2.63. The number of hydrogen-bond acceptors (Lipinski definition) is 4. The number of aromatic nitrogens is 4. The molecule has 0 bridgehead atoms. The summed E-state index contributed by atoms with van der Waals surface area (Å²) in [6.45, 7) is 4.49. The van der Waals surface area contributed by atoms with E-state index in [1.54, 1.807) is 4.68 Å². The summed E-state index contributed by atoms with van der Waals surface area (Å²) in [5, 5.41) is 7.01. The molecule has 1 amide bonds. The van der Waals surface area contributed by atoms with Crippen LogP contribution in [-0.2, 0) is 18.4 Å². The first-order valence-electron chi connectivity index (χ1n) is 5.40. The van der Waals surface area contributed by atoms with Gasteiger partial charge in [-0.1, -0.05) is 0 Å². The summed E-state index contributed by atoms with van der Waals surface area (Å²) in [6.07, 6.45) is 0. The highest BCUT2D eigenvalue weighted by molar-refractivity contribution is 5.77. The molecule has 2 aromatic rings. The highest BCUT2D eigenvalue weighted by atomic mass is 16.1. The molecule has 0 aliphatic rings. The number of nitrogens with one attached hydrogen (secondary N) is 1. The molecule has 0 radical (unpaired) electrons. The maximum absolute atomic E-state index is 10.8. The van der Waals surface area contributed by atoms with E-state index in [4.69, 9.17) is 5.73 Å². The first-order valence-corrected chi connectivity index (χ1v) is 5.40. The fourth-order valence-electron chi connectivity index (χ4n) is 1.92. The van der Waals surface area contributed by atoms with Gasteiger partial charge in [-0.15, -0.1) is 0 Å². The summed E-state index contributed by atoms with van der Waals surface area (Å²) < 4.78 is 3.60. The first-order chi connectivity index (χ1) is 8.00. The van der Waals surface area contributed by atoms with Crippen molar-refractivity contribution in [3.05, 3.63) is 5.69 Å². The fraction of sp³-hybridized carbons (Fsp3) is 0.500. The van der Waals surface area contributed by atoms with E-state index in [-0.39, 0.29) is 5.91 Å². The van der Waals surface area contributed by atoms with Gasteiger partial charge in [-0.05, 0) is 6.92 Å². The number of aryl methyl sites for hydroxylation is 2. The van der Waals surface area contributed by atoms with Crippen molar-refractivity contribution in [2.75, 3.05) is 12.3 Å². The Morgan fingerprint density at radius 2 is 2.24 bits per heavy atom. The molecule has 2 rings (SSSR count). The summed E-state index contributed by atoms with van der Waals surface area (Å²) in [6, 6.07) is 0. The van der Waals surface area contributed by atoms with Crippen molar-refractivity contribution in [2.45, 2.75) is 20.4 Å². The van der Waals surface area contributed by atoms with Gasteiger partial charge in [-0.25, -0.2) is 4.98 Å². The van der Waals surface area contributed by atoms with Crippen LogP contribution in [0.2, 0.25) is 0 Å². The molecule has 0 aliphatic heterocycles. The molecule has 2 heterocycles. The number of carbonyl (C=O) groups excluding carboxylic acids is 1. The van der Waals surface area contributed by atoms with E-state index in [1.807, 2.05) is 18.5 Å². The Morgan fingerprint density at radius 3 is 2.88 bits per heavy atom. The van der Waals surface area contributed by atoms with Crippen molar-refractivity contribution in [1.29, 1.82) is 0 Å². The molecular formula is C10H16N6O. The summed E-state index contributed by atoms with van der Waals surface area (Å²) in [7, 11) is 1.85. The van der Waals surface area contributed by atoms with Gasteiger partial charge in [0, 0.05) is 27.1 Å². The number of rotatable bonds is 3. The van der Waals surface area contributed by atoms with Crippen LogP contribution in [0.15, 0.2) is 0 Å². The van der Waals surface area contributed by atoms with Crippen LogP contribution in [0.25, 0.3) is 11.2 Å². The molecule has 17 heavy (non-hydrogen) atoms. The lowest BCUT2D eigenvalue weighted by molar-refractivity contribution is -0.118. The Balaban J connectivity index is 2.32. The summed E-state index contributed by atoms with van der Waals surface area (Å²) in [4.78, 5) is 15.1. The highest BCUT2D eigenvalue weighted by Gasteiger charge is 2.15. The number of nitrogens with zero attached hydrogens (tertiary/aromatic N) is 4. The number of amides is 1. The number of carbonyl (C=O) groups is 1. The zero-order valence-electron chi connectivity index (χ0n) is 10.2. The molecular weight excluding hydrogens is 220 g/mol. The zero-order chi connectivity index (χ0) is 12.6. The second-order valence-electron chi connectivity index (χ2n) is 3.99. The minimum atomic E-state index is -0.0545. The van der Waals surface area contributed by atoms with Crippen LogP contribution >= 0.6 is 0 Å². The summed E-state index contributed by atoms with van der Waals surface area (Å²) >= 11 is 0. The van der Waals surface area contributed by atoms with E-state index >= 15 is 0 Å². The zero-order valence-corrected chi connectivity index (χ0v) is 10.2. The molecule has 0 fully saturated rings. The molecule has 0 saturated heterocycles. The second-order valence-corrected chi connectivity index (χ2v) is 3.99. The molecule has 7 nitrogen and oxygen atoms in total. The number of imidazole rings is 1. The lowest BCUT2D eigenvalue weighted by Gasteiger charge is -2.07. The maximum Gasteiger partial charge on any atom is 0.216 e. The van der Waals surface area contributed by atoms with Gasteiger partial charge in [0.05, 0.1) is 5.69 Å². The van der Waals surface area contributed by atoms with Crippen LogP contribution in [-0.4, -0.2) is 31.8 Å². The van der Waals surface area contributed by atoms with Crippen molar-refractivity contribution in [1.82, 2.24) is 24.6 Å². The molecule has 0 spiro atoms. The molecule has 0 unspecified atom stereocenters. The highest BCUT2D eigenvalue weighted by Crippen LogP contribution is 2.19. The normalized spacial score (nSPS) is 11.0. The van der Waals surface area contributed by atoms with Gasteiger partial charge >= 0.3 is 0 Å². The predicted molar refractivity (Wildman–Crippen MR) is 64.3 cm³/mol. The largest absolute Gasteiger partial charge is 0.369 e. The molecule has 0 aliphatic carbocycles. The minimum Gasteiger partial charge on any atom is -0.369 e. The van der Waals surface area contributed by atoms with Crippen LogP contribution in [0.4, 0.5) is 5.95 Å². The van der Waals surface area contributed by atoms with Gasteiger partial charge in [0.15, 0.2) is 5.65 Å². The van der Waals surface area contributed by atoms with Crippen molar-refractivity contribution < 1.29 is 4.79 Å². The molecule has 0 aromatic carbocycles. The molecule has 0 saturated carbocycles. The van der Waals surface area contributed by atoms with Gasteiger partial charge in [-0.3, -0.25) is 14.0 Å². The molecule has 3 N–H and O–H groups in total. The molecule has 92 valence electrons. The van der Waals surface area contributed by atoms with Crippen LogP contribution in [0.3, 0.4) is 0 Å². The van der Waals surface area contributed by atoms with E-state index in [1.165, 1.54) is 6.92 Å². The Bertz CT molecular complexity index is 567. The van der Waals surface area contributed by atoms with Gasteiger partial charge < -0.3 is 11.1 Å². The lowest BCUT2D eigenvalue weighted by Crippen LogP contribution is -2.25. The van der Waals surface area contributed by atoms with Crippen molar-refractivity contribution in [3.63, 3.8) is 0 Å². The van der Waals surface area contributed by atoms with Crippen molar-refractivity contribution >= 4 is 23.0 Å². The standard InChI is InChI=1S/C10H16N6O/c1-6-8-9(15(3)14-6)16(10(11)13-8)5-4-12-7(2)17/h4-5H2,1-3H3,(H2,11,13)(H,12,17). The minimum absolute atomic E-state index is 0.0545. The van der Waals surface area contributed by atoms with Gasteiger partial charge in [0.2, 0.25) is 11.9 Å². The average Bonchev–Trinajstić information content (AvgIpc) is 2.68. The smallest absolute Gasteiger partial charge is 0.216 e. The van der Waals surface area contributed by atoms with Crippen LogP contribution in [0.5, 0.6) is 0 Å². The van der Waals surface area contributed by atoms with Gasteiger partial charge in [0.1, 0.15) is 5.52 Å². The van der Waals surface area contributed by atoms with Gasteiger partial charge in [-0.2, -0.15) is 5.10 Å². The number of nitrogens with two attached hydrogens (primary N) is 1. The molecule has 7 heteroatoms. The Labute approximate surface area is 98.6 Å². The second kappa shape index (κ2) is 4.08. The number of fused-ring (bicyclic) bond motifs is 1. The number of nitrogen functional groups attached to an aromatic ring is 1. The van der Waals surface area contributed by atoms with Crippen LogP contribution in [0.1, 0.15) is 12.6 Å². The van der Waals surface area contributed by atoms with E-state index < -0.39 is 0 Å². The Morgan fingerprint density at radius 1 is 1.53 bits per heavy atom. The van der Waals surface area contributed by atoms with E-state index in [0.29, 0.717) is 19.0 Å². The Hall–Kier alpha value is -2.05. The maximum atomic E-state index is 10.8. The number of hydrogen-bond donors (Lipinski definition) is 2. The summed E-state index contributed by atoms with van der Waals surface area (Å²) in [5.41, 5.74) is 8.40. The Kier molecular flexibility index (Phi) is 2.74. The van der Waals surface area contributed by atoms with Crippen LogP contribution < -0.4 is 11.1 Å². The van der Waals surface area contributed by atoms with Crippen LogP contribution in [0, 0.1) is 6.92 Å². The van der Waals surface area contributed by atoms with E-state index in [9.17, 15) is 4.79 Å². The number of anilines is 1. The molecule has 2 aromatic heterocycles. The first kappa shape index (κ1) is 11.4. The van der Waals surface area contributed by atoms with Crippen molar-refractivity contribution in [3.8, 4) is 0 Å². The summed E-state index contributed by atoms with van der Waals surface area (Å²) in [5.74, 6) is 0.391. The van der Waals surface area contributed by atoms with E-state index in [2.05, 4.69) is 15.4 Å². The topological polar surface area (TPSA) is 90.8 Å². The third kappa shape index (κ3) is 1.95. The fourth-order valence-corrected chi connectivity index (χ4v) is 1.92. The van der Waals surface area contributed by atoms with Crippen molar-refractivity contribution in [2.24, 2.45) is 7.05 Å². The SMILES string of the molecule is CC(=O)NCCn1c(N)nc2c(C)nn(C)c21. The van der Waals surface area contributed by atoms with E-state index in [0.717, 1.165) is 16.9 Å². The third-order valence-electron chi connectivity index (χ3n) is 2.63. The van der Waals surface area contributed by atoms with Gasteiger partial charge in [0.25, 0.3) is 0 Å². The monoisotopic (exact) mass is 236 g/mol. The lowest BCUT2D eigenvalue weighted by atomic mass is 10.4. The average molecular weight is 236 g/mol. The quantitative estimate of drug-likeness (QED) is 0.772. The molecule has 0 atom stereocenters.